The first kappa shape index (κ1) is 25.6. The largest absolute Gasteiger partial charge is 0.0731 e. The molecule has 10 rings (SSSR count). The van der Waals surface area contributed by atoms with E-state index < -0.39 is 0 Å². The summed E-state index contributed by atoms with van der Waals surface area (Å²) in [5.41, 5.74) is 18.5. The molecule has 0 heterocycles. The number of halogens is 1. The van der Waals surface area contributed by atoms with Gasteiger partial charge < -0.3 is 0 Å². The van der Waals surface area contributed by atoms with Crippen LogP contribution in [0.15, 0.2) is 144 Å². The molecule has 0 bridgehead atoms. The Kier molecular flexibility index (Phi) is 4.95. The van der Waals surface area contributed by atoms with Crippen LogP contribution in [0.5, 0.6) is 0 Å². The lowest BCUT2D eigenvalue weighted by atomic mass is 9.69. The number of hydrogen-bond donors (Lipinski definition) is 0. The van der Waals surface area contributed by atoms with Gasteiger partial charge in [-0.1, -0.05) is 145 Å². The van der Waals surface area contributed by atoms with E-state index in [0.717, 1.165) is 4.47 Å². The molecular weight excluding hydrogens is 608 g/mol. The van der Waals surface area contributed by atoms with Crippen LogP contribution < -0.4 is 0 Å². The third-order valence-electron chi connectivity index (χ3n) is 10.9. The van der Waals surface area contributed by atoms with Crippen LogP contribution in [-0.2, 0) is 10.8 Å². The second-order valence-corrected chi connectivity index (χ2v) is 14.3. The van der Waals surface area contributed by atoms with Crippen molar-refractivity contribution >= 4 is 26.7 Å². The van der Waals surface area contributed by atoms with Crippen molar-refractivity contribution in [3.8, 4) is 44.5 Å². The van der Waals surface area contributed by atoms with E-state index in [2.05, 4.69) is 169 Å². The quantitative estimate of drug-likeness (QED) is 0.168. The van der Waals surface area contributed by atoms with Crippen LogP contribution in [0.2, 0.25) is 0 Å². The van der Waals surface area contributed by atoms with Gasteiger partial charge in [0.25, 0.3) is 0 Å². The van der Waals surface area contributed by atoms with E-state index in [1.807, 2.05) is 0 Å². The van der Waals surface area contributed by atoms with Crippen LogP contribution in [0.3, 0.4) is 0 Å². The summed E-state index contributed by atoms with van der Waals surface area (Å²) in [6, 6.07) is 52.9. The predicted molar refractivity (Wildman–Crippen MR) is 191 cm³/mol. The standard InChI is InChI=1S/C44H29Br/c1-43(2)39-23-27(16-19-33(39)34-22-18-29(45)25-40(34)43)28-17-20-35-36-21-15-26-9-3-4-10-30(26)42(36)44(41(35)24-28)37-13-7-5-11-31(37)32-12-6-8-14-38(32)44/h3-25H,1-2H3. The third kappa shape index (κ3) is 3.12. The SMILES string of the molecule is CC1(C)c2cc(Br)ccc2-c2ccc(-c3ccc4c(c3)C3(c5ccccc5-c5ccccc53)c3c-4ccc4ccccc34)cc21. The highest BCUT2D eigenvalue weighted by Crippen LogP contribution is 2.64. The average molecular weight is 638 g/mol. The molecule has 45 heavy (non-hydrogen) atoms. The van der Waals surface area contributed by atoms with Crippen LogP contribution >= 0.6 is 15.9 Å². The van der Waals surface area contributed by atoms with Crippen molar-refractivity contribution in [1.29, 1.82) is 0 Å². The number of benzene rings is 7. The van der Waals surface area contributed by atoms with Gasteiger partial charge >= 0.3 is 0 Å². The van der Waals surface area contributed by atoms with Gasteiger partial charge in [0, 0.05) is 9.89 Å². The fourth-order valence-electron chi connectivity index (χ4n) is 8.99. The van der Waals surface area contributed by atoms with Crippen molar-refractivity contribution in [1.82, 2.24) is 0 Å². The highest BCUT2D eigenvalue weighted by molar-refractivity contribution is 9.10. The fraction of sp³-hybridized carbons (Fsp3) is 0.0909. The summed E-state index contributed by atoms with van der Waals surface area (Å²) in [6.45, 7) is 4.72. The van der Waals surface area contributed by atoms with Gasteiger partial charge in [-0.05, 0) is 113 Å². The molecule has 7 aromatic rings. The zero-order valence-corrected chi connectivity index (χ0v) is 26.7. The van der Waals surface area contributed by atoms with E-state index in [1.54, 1.807) is 0 Å². The molecule has 1 spiro atoms. The van der Waals surface area contributed by atoms with Crippen LogP contribution in [0.1, 0.15) is 47.2 Å². The second kappa shape index (κ2) is 8.71. The lowest BCUT2D eigenvalue weighted by molar-refractivity contribution is 0.660. The molecule has 3 aliphatic carbocycles. The molecule has 1 heteroatoms. The minimum Gasteiger partial charge on any atom is -0.0619 e. The molecule has 0 saturated carbocycles. The lowest BCUT2D eigenvalue weighted by Gasteiger charge is -2.31. The molecule has 0 aromatic heterocycles. The van der Waals surface area contributed by atoms with Gasteiger partial charge in [0.2, 0.25) is 0 Å². The van der Waals surface area contributed by atoms with Crippen molar-refractivity contribution in [2.45, 2.75) is 24.7 Å². The van der Waals surface area contributed by atoms with Crippen LogP contribution in [0.4, 0.5) is 0 Å². The topological polar surface area (TPSA) is 0 Å². The molecule has 0 atom stereocenters. The minimum atomic E-state index is -0.382. The first-order valence-electron chi connectivity index (χ1n) is 15.8. The van der Waals surface area contributed by atoms with Crippen molar-refractivity contribution in [2.75, 3.05) is 0 Å². The summed E-state index contributed by atoms with van der Waals surface area (Å²) in [5, 5.41) is 2.63. The number of hydrogen-bond acceptors (Lipinski definition) is 0. The van der Waals surface area contributed by atoms with Gasteiger partial charge in [0.15, 0.2) is 0 Å². The maximum absolute atomic E-state index is 3.72. The van der Waals surface area contributed by atoms with Gasteiger partial charge in [0.05, 0.1) is 5.41 Å². The molecule has 3 aliphatic rings. The Morgan fingerprint density at radius 3 is 1.64 bits per heavy atom. The summed E-state index contributed by atoms with van der Waals surface area (Å²) in [6.07, 6.45) is 0. The second-order valence-electron chi connectivity index (χ2n) is 13.4. The predicted octanol–water partition coefficient (Wildman–Crippen LogP) is 11.9. The summed E-state index contributed by atoms with van der Waals surface area (Å²) in [4.78, 5) is 0. The van der Waals surface area contributed by atoms with E-state index in [0.29, 0.717) is 0 Å². The molecule has 0 radical (unpaired) electrons. The molecule has 7 aromatic carbocycles. The van der Waals surface area contributed by atoms with E-state index in [-0.39, 0.29) is 10.8 Å². The van der Waals surface area contributed by atoms with Crippen LogP contribution in [0, 0.1) is 0 Å². The van der Waals surface area contributed by atoms with E-state index in [4.69, 9.17) is 0 Å². The van der Waals surface area contributed by atoms with Crippen molar-refractivity contribution in [3.05, 3.63) is 177 Å². The highest BCUT2D eigenvalue weighted by atomic mass is 79.9. The van der Waals surface area contributed by atoms with E-state index in [9.17, 15) is 0 Å². The van der Waals surface area contributed by atoms with Crippen molar-refractivity contribution in [2.24, 2.45) is 0 Å². The maximum atomic E-state index is 3.72. The summed E-state index contributed by atoms with van der Waals surface area (Å²) >= 11 is 3.72. The smallest absolute Gasteiger partial charge is 0.0619 e. The minimum absolute atomic E-state index is 0.0686. The van der Waals surface area contributed by atoms with E-state index >= 15 is 0 Å². The number of rotatable bonds is 1. The van der Waals surface area contributed by atoms with Crippen LogP contribution in [-0.4, -0.2) is 0 Å². The molecular formula is C44H29Br. The molecule has 0 saturated heterocycles. The maximum Gasteiger partial charge on any atom is 0.0731 e. The summed E-state index contributed by atoms with van der Waals surface area (Å²) in [7, 11) is 0. The van der Waals surface area contributed by atoms with Gasteiger partial charge in [-0.3, -0.25) is 0 Å². The van der Waals surface area contributed by atoms with Gasteiger partial charge in [-0.25, -0.2) is 0 Å². The van der Waals surface area contributed by atoms with Gasteiger partial charge in [-0.2, -0.15) is 0 Å². The summed E-state index contributed by atoms with van der Waals surface area (Å²) in [5.74, 6) is 0. The van der Waals surface area contributed by atoms with Crippen LogP contribution in [0.25, 0.3) is 55.3 Å². The Morgan fingerprint density at radius 1 is 0.422 bits per heavy atom. The Hall–Kier alpha value is -4.72. The lowest BCUT2D eigenvalue weighted by Crippen LogP contribution is -2.26. The monoisotopic (exact) mass is 636 g/mol. The van der Waals surface area contributed by atoms with Gasteiger partial charge in [-0.15, -0.1) is 0 Å². The average Bonchev–Trinajstić information content (AvgIpc) is 3.63. The Bertz CT molecular complexity index is 2380. The molecule has 0 aliphatic heterocycles. The van der Waals surface area contributed by atoms with Crippen molar-refractivity contribution < 1.29 is 0 Å². The third-order valence-corrected chi connectivity index (χ3v) is 11.4. The molecule has 0 nitrogen and oxygen atoms in total. The normalized spacial score (nSPS) is 15.4. The van der Waals surface area contributed by atoms with E-state index in [1.165, 1.54) is 88.7 Å². The van der Waals surface area contributed by atoms with Gasteiger partial charge in [0.1, 0.15) is 0 Å². The Labute approximate surface area is 272 Å². The molecule has 0 N–H and O–H groups in total. The summed E-state index contributed by atoms with van der Waals surface area (Å²) < 4.78 is 1.13. The zero-order valence-electron chi connectivity index (χ0n) is 25.2. The first-order chi connectivity index (χ1) is 22.0. The molecule has 0 amide bonds. The molecule has 0 fully saturated rings. The number of fused-ring (bicyclic) bond motifs is 15. The Morgan fingerprint density at radius 2 is 0.933 bits per heavy atom. The molecule has 0 unspecified atom stereocenters. The zero-order chi connectivity index (χ0) is 30.1. The van der Waals surface area contributed by atoms with Crippen molar-refractivity contribution in [3.63, 3.8) is 0 Å². The Balaban J connectivity index is 1.26. The highest BCUT2D eigenvalue weighted by Gasteiger charge is 2.52. The first-order valence-corrected chi connectivity index (χ1v) is 16.6. The fourth-order valence-corrected chi connectivity index (χ4v) is 9.35. The molecule has 212 valence electrons.